The Hall–Kier alpha value is -1.22. The number of anilines is 2. The lowest BCUT2D eigenvalue weighted by atomic mass is 9.84. The number of nitrogens with one attached hydrogen (secondary N) is 1. The van der Waals surface area contributed by atoms with E-state index in [1.54, 1.807) is 0 Å². The number of benzene rings is 1. The zero-order valence-electron chi connectivity index (χ0n) is 12.8. The first-order valence-corrected chi connectivity index (χ1v) is 8.14. The monoisotopic (exact) mass is 273 g/mol. The molecule has 0 aliphatic carbocycles. The van der Waals surface area contributed by atoms with Crippen LogP contribution in [-0.2, 0) is 0 Å². The molecular weight excluding hydrogens is 246 g/mol. The van der Waals surface area contributed by atoms with E-state index in [4.69, 9.17) is 0 Å². The first kappa shape index (κ1) is 13.7. The van der Waals surface area contributed by atoms with Crippen molar-refractivity contribution >= 4 is 11.4 Å². The molecule has 3 heterocycles. The van der Waals surface area contributed by atoms with Crippen LogP contribution in [0.25, 0.3) is 0 Å². The summed E-state index contributed by atoms with van der Waals surface area (Å²) in [7, 11) is 0. The number of nitrogens with zero attached hydrogens (tertiary/aromatic N) is 2. The summed E-state index contributed by atoms with van der Waals surface area (Å²) in [6, 6.07) is 9.63. The second-order valence-corrected chi connectivity index (χ2v) is 6.11. The summed E-state index contributed by atoms with van der Waals surface area (Å²) in [4.78, 5) is 4.99. The van der Waals surface area contributed by atoms with Gasteiger partial charge in [-0.25, -0.2) is 0 Å². The lowest BCUT2D eigenvalue weighted by Crippen LogP contribution is -2.53. The first-order chi connectivity index (χ1) is 9.80. The number of fused-ring (bicyclic) bond motifs is 3. The van der Waals surface area contributed by atoms with Gasteiger partial charge in [-0.3, -0.25) is 0 Å². The highest BCUT2D eigenvalue weighted by atomic mass is 15.2. The van der Waals surface area contributed by atoms with Crippen LogP contribution >= 0.6 is 0 Å². The maximum atomic E-state index is 3.75. The highest BCUT2D eigenvalue weighted by molar-refractivity contribution is 5.55. The molecule has 3 aliphatic heterocycles. The van der Waals surface area contributed by atoms with Gasteiger partial charge in [-0.15, -0.1) is 0 Å². The van der Waals surface area contributed by atoms with Crippen molar-refractivity contribution in [1.29, 1.82) is 0 Å². The third kappa shape index (κ3) is 2.78. The van der Waals surface area contributed by atoms with Crippen molar-refractivity contribution in [2.75, 3.05) is 42.9 Å². The van der Waals surface area contributed by atoms with E-state index in [0.717, 1.165) is 19.0 Å². The predicted molar refractivity (Wildman–Crippen MR) is 86.6 cm³/mol. The Balaban J connectivity index is 1.63. The van der Waals surface area contributed by atoms with Gasteiger partial charge in [-0.05, 0) is 70.0 Å². The molecule has 1 unspecified atom stereocenters. The number of hydrogen-bond acceptors (Lipinski definition) is 3. The highest BCUT2D eigenvalue weighted by Crippen LogP contribution is 2.30. The second kappa shape index (κ2) is 6.04. The van der Waals surface area contributed by atoms with Crippen molar-refractivity contribution in [2.45, 2.75) is 32.7 Å². The standard InChI is InChI=1S/C17H27N3/c1-3-20(4-2)16-7-5-15(6-8-16)18-17-13-19-11-9-14(17)10-12-19/h5-8,14,17-18H,3-4,9-13H2,1-2H3. The van der Waals surface area contributed by atoms with E-state index < -0.39 is 0 Å². The molecule has 20 heavy (non-hydrogen) atoms. The Labute approximate surface area is 123 Å². The van der Waals surface area contributed by atoms with Crippen molar-refractivity contribution in [1.82, 2.24) is 4.90 Å². The van der Waals surface area contributed by atoms with E-state index in [0.29, 0.717) is 6.04 Å². The summed E-state index contributed by atoms with van der Waals surface area (Å²) in [6.07, 6.45) is 2.74. The van der Waals surface area contributed by atoms with Crippen molar-refractivity contribution in [2.24, 2.45) is 5.92 Å². The van der Waals surface area contributed by atoms with Gasteiger partial charge in [0.2, 0.25) is 0 Å². The maximum absolute atomic E-state index is 3.75. The van der Waals surface area contributed by atoms with E-state index in [9.17, 15) is 0 Å². The smallest absolute Gasteiger partial charge is 0.0417 e. The molecule has 3 heteroatoms. The van der Waals surface area contributed by atoms with E-state index in [1.165, 1.54) is 43.9 Å². The molecule has 0 aromatic heterocycles. The van der Waals surface area contributed by atoms with Gasteiger partial charge in [0.15, 0.2) is 0 Å². The molecule has 110 valence electrons. The van der Waals surface area contributed by atoms with Crippen LogP contribution in [0.15, 0.2) is 24.3 Å². The van der Waals surface area contributed by atoms with Crippen LogP contribution in [0.1, 0.15) is 26.7 Å². The summed E-state index contributed by atoms with van der Waals surface area (Å²) in [5.74, 6) is 0.877. The van der Waals surface area contributed by atoms with E-state index in [1.807, 2.05) is 0 Å². The quantitative estimate of drug-likeness (QED) is 0.889. The average molecular weight is 273 g/mol. The fourth-order valence-corrected chi connectivity index (χ4v) is 3.70. The molecule has 3 aliphatic rings. The third-order valence-electron chi connectivity index (χ3n) is 5.00. The minimum absolute atomic E-state index is 0.650. The van der Waals surface area contributed by atoms with Gasteiger partial charge in [0, 0.05) is 37.1 Å². The van der Waals surface area contributed by atoms with Crippen molar-refractivity contribution in [3.05, 3.63) is 24.3 Å². The van der Waals surface area contributed by atoms with Crippen LogP contribution in [0.3, 0.4) is 0 Å². The Kier molecular flexibility index (Phi) is 4.16. The molecule has 0 amide bonds. The lowest BCUT2D eigenvalue weighted by Gasteiger charge is -2.45. The van der Waals surface area contributed by atoms with Crippen molar-refractivity contribution in [3.8, 4) is 0 Å². The second-order valence-electron chi connectivity index (χ2n) is 6.11. The molecular formula is C17H27N3. The Bertz CT molecular complexity index is 416. The zero-order valence-corrected chi connectivity index (χ0v) is 12.8. The first-order valence-electron chi connectivity index (χ1n) is 8.14. The maximum Gasteiger partial charge on any atom is 0.0417 e. The Morgan fingerprint density at radius 3 is 2.25 bits per heavy atom. The van der Waals surface area contributed by atoms with Gasteiger partial charge in [-0.2, -0.15) is 0 Å². The topological polar surface area (TPSA) is 18.5 Å². The number of piperidine rings is 3. The third-order valence-corrected chi connectivity index (χ3v) is 5.00. The van der Waals surface area contributed by atoms with Gasteiger partial charge in [0.1, 0.15) is 0 Å². The highest BCUT2D eigenvalue weighted by Gasteiger charge is 2.33. The van der Waals surface area contributed by atoms with Crippen molar-refractivity contribution in [3.63, 3.8) is 0 Å². The van der Waals surface area contributed by atoms with Crippen LogP contribution in [0.2, 0.25) is 0 Å². The molecule has 1 atom stereocenters. The molecule has 2 bridgehead atoms. The van der Waals surface area contributed by atoms with Crippen LogP contribution < -0.4 is 10.2 Å². The summed E-state index contributed by atoms with van der Waals surface area (Å²) < 4.78 is 0. The van der Waals surface area contributed by atoms with Crippen molar-refractivity contribution < 1.29 is 0 Å². The minimum atomic E-state index is 0.650. The predicted octanol–water partition coefficient (Wildman–Crippen LogP) is 3.04. The van der Waals surface area contributed by atoms with Gasteiger partial charge in [0.25, 0.3) is 0 Å². The molecule has 1 N–H and O–H groups in total. The average Bonchev–Trinajstić information content (AvgIpc) is 2.51. The molecule has 1 aromatic rings. The van der Waals surface area contributed by atoms with Gasteiger partial charge in [0.05, 0.1) is 0 Å². The molecule has 3 fully saturated rings. The lowest BCUT2D eigenvalue weighted by molar-refractivity contribution is 0.0975. The van der Waals surface area contributed by atoms with Crippen LogP contribution in [0, 0.1) is 5.92 Å². The molecule has 3 saturated heterocycles. The number of hydrogen-bond donors (Lipinski definition) is 1. The van der Waals surface area contributed by atoms with Crippen LogP contribution in [-0.4, -0.2) is 43.7 Å². The largest absolute Gasteiger partial charge is 0.381 e. The fourth-order valence-electron chi connectivity index (χ4n) is 3.70. The van der Waals surface area contributed by atoms with E-state index >= 15 is 0 Å². The van der Waals surface area contributed by atoms with E-state index in [-0.39, 0.29) is 0 Å². The molecule has 4 rings (SSSR count). The normalized spacial score (nSPS) is 28.4. The molecule has 1 aromatic carbocycles. The molecule has 0 spiro atoms. The molecule has 0 radical (unpaired) electrons. The SMILES string of the molecule is CCN(CC)c1ccc(NC2CN3CCC2CC3)cc1. The van der Waals surface area contributed by atoms with E-state index in [2.05, 4.69) is 53.2 Å². The summed E-state index contributed by atoms with van der Waals surface area (Å²) >= 11 is 0. The van der Waals surface area contributed by atoms with Gasteiger partial charge < -0.3 is 15.1 Å². The van der Waals surface area contributed by atoms with Crippen LogP contribution in [0.4, 0.5) is 11.4 Å². The summed E-state index contributed by atoms with van der Waals surface area (Å²) in [6.45, 7) is 10.4. The Morgan fingerprint density at radius 2 is 1.75 bits per heavy atom. The minimum Gasteiger partial charge on any atom is -0.381 e. The molecule has 0 saturated carbocycles. The molecule has 3 nitrogen and oxygen atoms in total. The summed E-state index contributed by atoms with van der Waals surface area (Å²) in [5.41, 5.74) is 2.61. The van der Waals surface area contributed by atoms with Gasteiger partial charge >= 0.3 is 0 Å². The van der Waals surface area contributed by atoms with Crippen LogP contribution in [0.5, 0.6) is 0 Å². The summed E-state index contributed by atoms with van der Waals surface area (Å²) in [5, 5.41) is 3.75. The van der Waals surface area contributed by atoms with Gasteiger partial charge in [-0.1, -0.05) is 0 Å². The Morgan fingerprint density at radius 1 is 1.10 bits per heavy atom. The zero-order chi connectivity index (χ0) is 13.9. The fraction of sp³-hybridized carbons (Fsp3) is 0.647. The number of rotatable bonds is 5.